The smallest absolute Gasteiger partial charge is 0.338 e. The highest BCUT2D eigenvalue weighted by Gasteiger charge is 2.36. The number of benzene rings is 1. The van der Waals surface area contributed by atoms with Gasteiger partial charge in [-0.15, -0.1) is 0 Å². The lowest BCUT2D eigenvalue weighted by Gasteiger charge is -2.27. The SMILES string of the molecule is CCOC(=O)C1=C(C)OC(N)=C(C#N)C1c1ccc(CC(C)C)cc1. The Morgan fingerprint density at radius 3 is 2.52 bits per heavy atom. The number of nitrogens with zero attached hydrogens (tertiary/aromatic N) is 1. The first-order valence-corrected chi connectivity index (χ1v) is 8.43. The van der Waals surface area contributed by atoms with Crippen LogP contribution in [-0.2, 0) is 20.7 Å². The molecule has 25 heavy (non-hydrogen) atoms. The second-order valence-corrected chi connectivity index (χ2v) is 6.45. The summed E-state index contributed by atoms with van der Waals surface area (Å²) in [5.41, 5.74) is 8.46. The number of carbonyl (C=O) groups excluding carboxylic acids is 1. The summed E-state index contributed by atoms with van der Waals surface area (Å²) in [4.78, 5) is 12.4. The molecule has 1 unspecified atom stereocenters. The van der Waals surface area contributed by atoms with Gasteiger partial charge < -0.3 is 15.2 Å². The summed E-state index contributed by atoms with van der Waals surface area (Å²) in [5.74, 6) is -0.116. The van der Waals surface area contributed by atoms with Gasteiger partial charge in [0.1, 0.15) is 17.4 Å². The van der Waals surface area contributed by atoms with Crippen LogP contribution in [-0.4, -0.2) is 12.6 Å². The normalized spacial score (nSPS) is 17.4. The van der Waals surface area contributed by atoms with Gasteiger partial charge in [-0.3, -0.25) is 0 Å². The Morgan fingerprint density at radius 1 is 1.36 bits per heavy atom. The second kappa shape index (κ2) is 7.89. The van der Waals surface area contributed by atoms with Crippen LogP contribution in [0.1, 0.15) is 44.7 Å². The predicted molar refractivity (Wildman–Crippen MR) is 95.0 cm³/mol. The first-order valence-electron chi connectivity index (χ1n) is 8.43. The number of rotatable bonds is 5. The van der Waals surface area contributed by atoms with Crippen molar-refractivity contribution in [3.8, 4) is 6.07 Å². The Bertz CT molecular complexity index is 752. The third-order valence-corrected chi connectivity index (χ3v) is 4.06. The fourth-order valence-electron chi connectivity index (χ4n) is 3.01. The summed E-state index contributed by atoms with van der Waals surface area (Å²) >= 11 is 0. The van der Waals surface area contributed by atoms with Gasteiger partial charge in [0.2, 0.25) is 5.88 Å². The molecule has 1 atom stereocenters. The molecular weight excluding hydrogens is 316 g/mol. The van der Waals surface area contributed by atoms with E-state index < -0.39 is 11.9 Å². The van der Waals surface area contributed by atoms with Crippen LogP contribution in [0.5, 0.6) is 0 Å². The molecule has 0 bridgehead atoms. The maximum atomic E-state index is 12.4. The molecule has 2 rings (SSSR count). The number of hydrogen-bond acceptors (Lipinski definition) is 5. The lowest BCUT2D eigenvalue weighted by atomic mass is 9.82. The average Bonchev–Trinajstić information content (AvgIpc) is 2.54. The van der Waals surface area contributed by atoms with Gasteiger partial charge >= 0.3 is 5.97 Å². The summed E-state index contributed by atoms with van der Waals surface area (Å²) in [5, 5.41) is 9.54. The van der Waals surface area contributed by atoms with Crippen LogP contribution in [0.2, 0.25) is 0 Å². The van der Waals surface area contributed by atoms with Gasteiger partial charge in [-0.05, 0) is 37.3 Å². The second-order valence-electron chi connectivity index (χ2n) is 6.45. The summed E-state index contributed by atoms with van der Waals surface area (Å²) < 4.78 is 10.6. The number of nitriles is 1. The van der Waals surface area contributed by atoms with Crippen molar-refractivity contribution in [3.63, 3.8) is 0 Å². The molecule has 0 aromatic heterocycles. The molecule has 1 heterocycles. The van der Waals surface area contributed by atoms with E-state index in [0.29, 0.717) is 17.3 Å². The number of allylic oxidation sites excluding steroid dienone is 2. The lowest BCUT2D eigenvalue weighted by molar-refractivity contribution is -0.139. The van der Waals surface area contributed by atoms with Crippen molar-refractivity contribution >= 4 is 5.97 Å². The van der Waals surface area contributed by atoms with Crippen LogP contribution >= 0.6 is 0 Å². The molecule has 0 saturated heterocycles. The standard InChI is InChI=1S/C20H24N2O3/c1-5-24-20(23)17-13(4)25-19(22)16(11-21)18(17)15-8-6-14(7-9-15)10-12(2)3/h6-9,12,18H,5,10,22H2,1-4H3. The van der Waals surface area contributed by atoms with Crippen LogP contribution < -0.4 is 5.73 Å². The fraction of sp³-hybridized carbons (Fsp3) is 0.400. The van der Waals surface area contributed by atoms with Crippen molar-refractivity contribution in [2.45, 2.75) is 40.0 Å². The quantitative estimate of drug-likeness (QED) is 0.829. The highest BCUT2D eigenvalue weighted by Crippen LogP contribution is 2.39. The summed E-state index contributed by atoms with van der Waals surface area (Å²) in [6, 6.07) is 10.00. The third-order valence-electron chi connectivity index (χ3n) is 4.06. The minimum absolute atomic E-state index is 0.0318. The van der Waals surface area contributed by atoms with Gasteiger partial charge in [0.15, 0.2) is 0 Å². The number of hydrogen-bond donors (Lipinski definition) is 1. The topological polar surface area (TPSA) is 85.3 Å². The van der Waals surface area contributed by atoms with Crippen molar-refractivity contribution in [2.75, 3.05) is 6.61 Å². The van der Waals surface area contributed by atoms with E-state index in [2.05, 4.69) is 19.9 Å². The van der Waals surface area contributed by atoms with E-state index in [1.54, 1.807) is 13.8 Å². The van der Waals surface area contributed by atoms with Crippen molar-refractivity contribution in [3.05, 3.63) is 58.2 Å². The zero-order valence-corrected chi connectivity index (χ0v) is 15.1. The van der Waals surface area contributed by atoms with Crippen molar-refractivity contribution in [2.24, 2.45) is 11.7 Å². The molecule has 1 aromatic rings. The van der Waals surface area contributed by atoms with Gasteiger partial charge in [-0.1, -0.05) is 38.1 Å². The summed E-state index contributed by atoms with van der Waals surface area (Å²) in [6.07, 6.45) is 0.969. The Labute approximate surface area is 148 Å². The van der Waals surface area contributed by atoms with E-state index in [-0.39, 0.29) is 18.1 Å². The van der Waals surface area contributed by atoms with Crippen molar-refractivity contribution < 1.29 is 14.3 Å². The lowest BCUT2D eigenvalue weighted by Crippen LogP contribution is -2.25. The Morgan fingerprint density at radius 2 is 2.00 bits per heavy atom. The molecule has 0 fully saturated rings. The average molecular weight is 340 g/mol. The van der Waals surface area contributed by atoms with Crippen molar-refractivity contribution in [1.29, 1.82) is 5.26 Å². The highest BCUT2D eigenvalue weighted by atomic mass is 16.5. The Balaban J connectivity index is 2.49. The predicted octanol–water partition coefficient (Wildman–Crippen LogP) is 3.53. The summed E-state index contributed by atoms with van der Waals surface area (Å²) in [6.45, 7) is 7.97. The van der Waals surface area contributed by atoms with E-state index in [0.717, 1.165) is 12.0 Å². The molecule has 5 nitrogen and oxygen atoms in total. The Kier molecular flexibility index (Phi) is 5.87. The number of esters is 1. The van der Waals surface area contributed by atoms with E-state index in [9.17, 15) is 10.1 Å². The van der Waals surface area contributed by atoms with E-state index >= 15 is 0 Å². The molecule has 1 aromatic carbocycles. The van der Waals surface area contributed by atoms with Crippen LogP contribution in [0, 0.1) is 17.2 Å². The third kappa shape index (κ3) is 4.03. The number of carbonyl (C=O) groups is 1. The van der Waals surface area contributed by atoms with Gasteiger partial charge in [0.05, 0.1) is 18.1 Å². The zero-order chi connectivity index (χ0) is 18.6. The molecule has 2 N–H and O–H groups in total. The molecule has 0 radical (unpaired) electrons. The van der Waals surface area contributed by atoms with Crippen molar-refractivity contribution in [1.82, 2.24) is 0 Å². The first kappa shape index (κ1) is 18.6. The van der Waals surface area contributed by atoms with Gasteiger partial charge in [-0.2, -0.15) is 5.26 Å². The minimum Gasteiger partial charge on any atom is -0.463 e. The Hall–Kier alpha value is -2.74. The molecule has 0 saturated carbocycles. The molecular formula is C20H24N2O3. The summed E-state index contributed by atoms with van der Waals surface area (Å²) in [7, 11) is 0. The van der Waals surface area contributed by atoms with Gasteiger partial charge in [-0.25, -0.2) is 4.79 Å². The largest absolute Gasteiger partial charge is 0.463 e. The van der Waals surface area contributed by atoms with Gasteiger partial charge in [0, 0.05) is 0 Å². The van der Waals surface area contributed by atoms with E-state index in [1.165, 1.54) is 5.56 Å². The molecule has 1 aliphatic heterocycles. The maximum absolute atomic E-state index is 12.4. The van der Waals surface area contributed by atoms with E-state index in [1.807, 2.05) is 24.3 Å². The van der Waals surface area contributed by atoms with Crippen LogP contribution in [0.15, 0.2) is 47.1 Å². The maximum Gasteiger partial charge on any atom is 0.338 e. The molecule has 5 heteroatoms. The molecule has 0 spiro atoms. The van der Waals surface area contributed by atoms with Crippen LogP contribution in [0.3, 0.4) is 0 Å². The molecule has 1 aliphatic rings. The first-order chi connectivity index (χ1) is 11.9. The molecule has 132 valence electrons. The van der Waals surface area contributed by atoms with Crippen LogP contribution in [0.4, 0.5) is 0 Å². The zero-order valence-electron chi connectivity index (χ0n) is 15.1. The highest BCUT2D eigenvalue weighted by molar-refractivity contribution is 5.92. The monoisotopic (exact) mass is 340 g/mol. The van der Waals surface area contributed by atoms with Gasteiger partial charge in [0.25, 0.3) is 0 Å². The molecule has 0 amide bonds. The number of nitrogens with two attached hydrogens (primary N) is 1. The molecule has 0 aliphatic carbocycles. The van der Waals surface area contributed by atoms with Crippen LogP contribution in [0.25, 0.3) is 0 Å². The minimum atomic E-state index is -0.578. The van der Waals surface area contributed by atoms with E-state index in [4.69, 9.17) is 15.2 Å². The number of ether oxygens (including phenoxy) is 2. The fourth-order valence-corrected chi connectivity index (χ4v) is 3.01.